The molecule has 4 saturated heterocycles. The maximum absolute atomic E-state index is 11.9. The van der Waals surface area contributed by atoms with E-state index in [2.05, 4.69) is 0 Å². The number of β-amino-alcohol motifs (C(OH)–C–C–N with tert-alkyl or cyclic N) is 4. The predicted octanol–water partition coefficient (Wildman–Crippen LogP) is -22.2. The third-order valence-corrected chi connectivity index (χ3v) is 20.5. The van der Waals surface area contributed by atoms with Gasteiger partial charge in [-0.15, -0.1) is 0 Å². The molecule has 0 amide bonds. The Morgan fingerprint density at radius 2 is 0.341 bits per heavy atom. The molecule has 4 aliphatic heterocycles. The first-order chi connectivity index (χ1) is 59.2. The fourth-order valence-corrected chi connectivity index (χ4v) is 14.6. The van der Waals surface area contributed by atoms with Crippen LogP contribution in [0.5, 0.6) is 0 Å². The molecule has 0 aliphatic carbocycles. The zero-order valence-electron chi connectivity index (χ0n) is 72.2. The smallest absolute Gasteiger partial charge is 1.00 e. The number of halogens is 3. The second-order valence-electron chi connectivity index (χ2n) is 31.0. The van der Waals surface area contributed by atoms with Crippen LogP contribution < -0.4 is 65.3 Å². The fraction of sp³-hybridized carbons (Fsp3) is 0.806. The molecule has 4 aliphatic rings. The average Bonchev–Trinajstić information content (AvgIpc) is 0.891. The molecule has 0 aromatic heterocycles. The largest absolute Gasteiger partial charge is 3.00 e. The summed E-state index contributed by atoms with van der Waals surface area (Å²) in [5.41, 5.74) is 0. The van der Waals surface area contributed by atoms with Crippen molar-refractivity contribution < 1.29 is 298 Å². The van der Waals surface area contributed by atoms with Crippen molar-refractivity contribution in [3.63, 3.8) is 0 Å². The number of carbonyl (C=O) groups excluding carboxylic acids is 7. The minimum Gasteiger partial charge on any atom is 1.00 e. The van der Waals surface area contributed by atoms with Gasteiger partial charge in [-0.1, -0.05) is 0 Å². The number of rotatable bonds is 44. The molecule has 4 atom stereocenters. The molecule has 0 saturated carbocycles. The number of aliphatic hydroxyl groups excluding tert-OH is 4. The van der Waals surface area contributed by atoms with Gasteiger partial charge in [0.1, 0.15) is 0 Å². The van der Waals surface area contributed by atoms with E-state index in [1.807, 2.05) is 9.80 Å². The Balaban J connectivity index is 0. The maximum Gasteiger partial charge on any atom is 3.00 e. The predicted molar refractivity (Wildman–Crippen MR) is 426 cm³/mol. The fourth-order valence-electron chi connectivity index (χ4n) is 14.6. The number of aliphatic hydroxyl groups is 4. The Bertz CT molecular complexity index is 2820. The van der Waals surface area contributed by atoms with Gasteiger partial charge >= 0.3 is 198 Å². The first kappa shape index (κ1) is 129. The molecule has 11 N–H and O–H groups in total. The van der Waals surface area contributed by atoms with Crippen molar-refractivity contribution in [1.29, 1.82) is 0 Å². The molecule has 0 bridgehead atoms. The van der Waals surface area contributed by atoms with Crippen LogP contribution in [-0.4, -0.2) is 606 Å². The van der Waals surface area contributed by atoms with Crippen LogP contribution in [0.2, 0.25) is 0 Å². The first-order valence-corrected chi connectivity index (χ1v) is 49.1. The molecule has 739 valence electrons. The molecule has 4 rings (SSSR count). The molecular weight excluding hydrogens is 2230 g/mol. The van der Waals surface area contributed by atoms with E-state index in [9.17, 15) is 159 Å². The summed E-state index contributed by atoms with van der Waals surface area (Å²) in [6.45, 7) is -1.81. The summed E-state index contributed by atoms with van der Waals surface area (Å²) in [6, 6.07) is 0. The summed E-state index contributed by atoms with van der Waals surface area (Å²) in [6.07, 6.45) is -4.86. The third kappa shape index (κ3) is 69.9. The van der Waals surface area contributed by atoms with Crippen molar-refractivity contribution in [2.75, 3.05) is 353 Å². The number of carbonyl (C=O) groups is 14. The van der Waals surface area contributed by atoms with Crippen molar-refractivity contribution in [2.45, 2.75) is 24.4 Å². The van der Waals surface area contributed by atoms with Crippen LogP contribution in [0, 0.1) is 109 Å². The van der Waals surface area contributed by atoms with Gasteiger partial charge in [-0.25, -0.2) is 0 Å². The van der Waals surface area contributed by atoms with Crippen molar-refractivity contribution in [1.82, 2.24) is 88.2 Å². The van der Waals surface area contributed by atoms with Gasteiger partial charge in [0.2, 0.25) is 0 Å². The van der Waals surface area contributed by atoms with Crippen LogP contribution in [0.4, 0.5) is 0 Å². The number of nitrogens with zero attached hydrogens (tertiary/aromatic N) is 18. The SMILES string of the molecule is O=C(O)CN1CCN(CC(=O)O)CCN(CC(O)CN(CC(=O)O)CC(O)CN2CCN(CC(=O)O)CCN(CC(=O)O)CCN(CC(=O)O)CC2)CCN(CC(=O)O)CC1.O=C([O-])CN1CCN(CC(=O)[O-])CCN(CC(O)CN(CC(=O)[O-])CC(O)CN2CCN(CC(=O)[O-])CCN(CC(=O)[O-])CCN(CC(=O)[O-])CC2)CCN(CC(=O)[O-])CC1.[Cl][Gd]([Cl])[Cl].[Gd+3].[Gd+3].[Na+]. The standard InChI is InChI=1S/2C36H65N9O16.3ClH.3Gd.Na/c2*46-28(17-37-1-5-39(21-30(48)49)9-13-43(25-34(56)57)14-10-40(6-2-37)22-31(50)51)19-45(27-36(60)61)20-29(47)18-38-3-7-41(23-32(52)53)11-15-44(26-35(58)59)16-12-42(8-4-38)24-33(54)55;;;;;;;/h2*28-29,46-47H,1-27H2,(H,48,49)(H,50,51)(H,52,53)(H,54,55)(H,56,57)(H,58,59)(H,60,61);3*1H;;;;/q;;;;;3*+3;+1/p-10. The topological polar surface area (TPSA) is 681 Å². The average molecular weight is 2350 g/mol. The van der Waals surface area contributed by atoms with Crippen molar-refractivity contribution >= 4 is 101 Å². The summed E-state index contributed by atoms with van der Waals surface area (Å²) >= 11 is -1.98. The van der Waals surface area contributed by atoms with Gasteiger partial charge in [0.05, 0.1) is 112 Å². The van der Waals surface area contributed by atoms with Gasteiger partial charge in [-0.2, -0.15) is 0 Å². The zero-order valence-corrected chi connectivity index (χ0v) is 83.3. The Kier molecular flexibility index (Phi) is 73.5. The number of carboxylic acid groups (broad SMARTS) is 14. The third-order valence-electron chi connectivity index (χ3n) is 20.5. The molecule has 129 heavy (non-hydrogen) atoms. The molecule has 0 spiro atoms. The van der Waals surface area contributed by atoms with Gasteiger partial charge < -0.3 is 125 Å². The Labute approximate surface area is 855 Å². The number of carboxylic acids is 14. The van der Waals surface area contributed by atoms with Gasteiger partial charge in [0, 0.05) is 308 Å². The molecule has 4 heterocycles. The maximum atomic E-state index is 11.9. The van der Waals surface area contributed by atoms with Crippen LogP contribution in [0.15, 0.2) is 0 Å². The molecule has 4 unspecified atom stereocenters. The van der Waals surface area contributed by atoms with Gasteiger partial charge in [0.15, 0.2) is 0 Å². The Hall–Kier alpha value is -2.46. The monoisotopic (exact) mass is 2350 g/mol. The molecule has 50 nitrogen and oxygen atoms in total. The quantitative estimate of drug-likeness (QED) is 0.0252. The second kappa shape index (κ2) is 73.7. The molecule has 4 fully saturated rings. The molecule has 0 aromatic carbocycles. The van der Waals surface area contributed by atoms with E-state index in [1.165, 1.54) is 39.2 Å². The van der Waals surface area contributed by atoms with Gasteiger partial charge in [-0.3, -0.25) is 122 Å². The zero-order chi connectivity index (χ0) is 94.5. The second-order valence-corrected chi connectivity index (χ2v) is 41.0. The van der Waals surface area contributed by atoms with Crippen LogP contribution in [-0.2, 0) is 67.1 Å². The van der Waals surface area contributed by atoms with Crippen molar-refractivity contribution in [3.8, 4) is 0 Å². The van der Waals surface area contributed by atoms with E-state index < -0.39 is 190 Å². The number of hydrogen-bond acceptors (Lipinski definition) is 43. The molecule has 57 heteroatoms. The van der Waals surface area contributed by atoms with E-state index in [1.54, 1.807) is 39.2 Å². The van der Waals surface area contributed by atoms with Crippen molar-refractivity contribution in [3.05, 3.63) is 0 Å². The van der Waals surface area contributed by atoms with E-state index in [-0.39, 0.29) is 410 Å². The van der Waals surface area contributed by atoms with Gasteiger partial charge in [-0.05, 0) is 0 Å². The summed E-state index contributed by atoms with van der Waals surface area (Å²) in [5, 5.41) is 192. The van der Waals surface area contributed by atoms with Crippen LogP contribution in [0.1, 0.15) is 0 Å². The van der Waals surface area contributed by atoms with Crippen LogP contribution in [0.25, 0.3) is 0 Å². The summed E-state index contributed by atoms with van der Waals surface area (Å²) in [5.74, 6) is -2.55. The molecular formula is C72H123Cl3Gd3N18NaO32. The molecule has 0 aromatic rings. The van der Waals surface area contributed by atoms with E-state index in [4.69, 9.17) is 17.9 Å². The number of hydrogen-bond donors (Lipinski definition) is 11. The first-order valence-electron chi connectivity index (χ1n) is 40.6. The van der Waals surface area contributed by atoms with E-state index >= 15 is 0 Å². The van der Waals surface area contributed by atoms with Crippen LogP contribution >= 0.6 is 17.9 Å². The van der Waals surface area contributed by atoms with E-state index in [0.29, 0.717) is 0 Å². The Morgan fingerprint density at radius 3 is 0.450 bits per heavy atom. The van der Waals surface area contributed by atoms with Crippen molar-refractivity contribution in [2.24, 2.45) is 0 Å². The molecule has 2 radical (unpaired) electrons. The van der Waals surface area contributed by atoms with Gasteiger partial charge in [0.25, 0.3) is 0 Å². The number of aliphatic carboxylic acids is 14. The normalized spacial score (nSPS) is 19.6. The Morgan fingerprint density at radius 1 is 0.225 bits per heavy atom. The minimum atomic E-state index is -1.98. The minimum absolute atomic E-state index is 0. The summed E-state index contributed by atoms with van der Waals surface area (Å²) in [4.78, 5) is 191. The van der Waals surface area contributed by atoms with E-state index in [0.717, 1.165) is 0 Å². The van der Waals surface area contributed by atoms with Crippen LogP contribution in [0.3, 0.4) is 0 Å². The summed E-state index contributed by atoms with van der Waals surface area (Å²) in [7, 11) is 0. The summed E-state index contributed by atoms with van der Waals surface area (Å²) < 4.78 is 0.